The first-order chi connectivity index (χ1) is 16.3. The van der Waals surface area contributed by atoms with Crippen molar-refractivity contribution < 1.29 is 19.7 Å². The second-order valence-corrected chi connectivity index (χ2v) is 9.45. The van der Waals surface area contributed by atoms with Crippen LogP contribution in [0, 0.1) is 0 Å². The zero-order valence-corrected chi connectivity index (χ0v) is 20.9. The van der Waals surface area contributed by atoms with E-state index in [2.05, 4.69) is 32.8 Å². The lowest BCUT2D eigenvalue weighted by Gasteiger charge is -2.36. The Labute approximate surface area is 204 Å². The third-order valence-corrected chi connectivity index (χ3v) is 6.47. The fraction of sp³-hybridized carbons (Fsp3) is 0.615. The van der Waals surface area contributed by atoms with Gasteiger partial charge in [-0.3, -0.25) is 9.80 Å². The molecule has 0 aromatic heterocycles. The Morgan fingerprint density at radius 2 is 1.03 bits per heavy atom. The Morgan fingerprint density at radius 3 is 1.32 bits per heavy atom. The van der Waals surface area contributed by atoms with Gasteiger partial charge in [-0.15, -0.1) is 0 Å². The second kappa shape index (κ2) is 13.0. The Hall–Kier alpha value is -2.26. The van der Waals surface area contributed by atoms with Gasteiger partial charge < -0.3 is 29.5 Å². The van der Waals surface area contributed by atoms with Gasteiger partial charge in [0.15, 0.2) is 0 Å². The molecule has 3 rings (SSSR count). The molecule has 1 aromatic carbocycles. The average molecular weight is 475 g/mol. The van der Waals surface area contributed by atoms with E-state index in [0.29, 0.717) is 24.6 Å². The van der Waals surface area contributed by atoms with Gasteiger partial charge in [0.2, 0.25) is 0 Å². The van der Waals surface area contributed by atoms with Crippen LogP contribution < -0.4 is 9.47 Å². The molecule has 0 bridgehead atoms. The van der Waals surface area contributed by atoms with Crippen LogP contribution >= 0.6 is 0 Å². The molecule has 2 heterocycles. The molecule has 2 N–H and O–H groups in total. The van der Waals surface area contributed by atoms with E-state index in [1.54, 1.807) is 0 Å². The van der Waals surface area contributed by atoms with Crippen LogP contribution in [0.5, 0.6) is 11.5 Å². The number of hydrogen-bond acceptors (Lipinski definition) is 8. The molecule has 0 unspecified atom stereocenters. The summed E-state index contributed by atoms with van der Waals surface area (Å²) >= 11 is 0. The highest BCUT2D eigenvalue weighted by atomic mass is 16.5. The van der Waals surface area contributed by atoms with Gasteiger partial charge in [-0.25, -0.2) is 0 Å². The molecule has 2 atom stereocenters. The van der Waals surface area contributed by atoms with Gasteiger partial charge in [-0.1, -0.05) is 13.2 Å². The van der Waals surface area contributed by atoms with Crippen molar-refractivity contribution in [3.8, 4) is 11.5 Å². The first-order valence-corrected chi connectivity index (χ1v) is 12.3. The molecule has 8 nitrogen and oxygen atoms in total. The average Bonchev–Trinajstić information content (AvgIpc) is 2.83. The minimum absolute atomic E-state index is 0.248. The largest absolute Gasteiger partial charge is 0.491 e. The lowest BCUT2D eigenvalue weighted by atomic mass is 10.2. The number of aliphatic hydroxyl groups excluding tert-OH is 2. The smallest absolute Gasteiger partial charge is 0.119 e. The van der Waals surface area contributed by atoms with E-state index in [9.17, 15) is 10.2 Å². The molecular formula is C26H42N4O4. The normalized spacial score (nSPS) is 19.5. The molecular weight excluding hydrogens is 432 g/mol. The summed E-state index contributed by atoms with van der Waals surface area (Å²) in [7, 11) is 0. The predicted octanol–water partition coefficient (Wildman–Crippen LogP) is 1.47. The molecule has 2 saturated heterocycles. The van der Waals surface area contributed by atoms with Crippen LogP contribution in [0.1, 0.15) is 13.8 Å². The van der Waals surface area contributed by atoms with E-state index >= 15 is 0 Å². The summed E-state index contributed by atoms with van der Waals surface area (Å²) in [5.41, 5.74) is 2.20. The maximum atomic E-state index is 10.4. The van der Waals surface area contributed by atoms with Gasteiger partial charge in [0.25, 0.3) is 0 Å². The van der Waals surface area contributed by atoms with E-state index in [1.165, 1.54) is 0 Å². The van der Waals surface area contributed by atoms with Crippen LogP contribution in [-0.2, 0) is 0 Å². The Bertz CT molecular complexity index is 707. The molecule has 190 valence electrons. The first kappa shape index (κ1) is 26.3. The summed E-state index contributed by atoms with van der Waals surface area (Å²) in [6, 6.07) is 7.32. The van der Waals surface area contributed by atoms with Crippen molar-refractivity contribution in [2.45, 2.75) is 26.1 Å². The van der Waals surface area contributed by atoms with Crippen molar-refractivity contribution in [1.82, 2.24) is 19.6 Å². The summed E-state index contributed by atoms with van der Waals surface area (Å²) in [5, 5.41) is 20.7. The van der Waals surface area contributed by atoms with E-state index in [0.717, 1.165) is 63.8 Å². The third-order valence-electron chi connectivity index (χ3n) is 6.47. The minimum Gasteiger partial charge on any atom is -0.491 e. The fourth-order valence-electron chi connectivity index (χ4n) is 4.34. The molecule has 2 aliphatic rings. The van der Waals surface area contributed by atoms with Gasteiger partial charge in [0.05, 0.1) is 0 Å². The highest BCUT2D eigenvalue weighted by Gasteiger charge is 2.20. The van der Waals surface area contributed by atoms with Crippen molar-refractivity contribution in [3.63, 3.8) is 0 Å². The van der Waals surface area contributed by atoms with Crippen LogP contribution in [0.4, 0.5) is 0 Å². The molecule has 8 heteroatoms. The first-order valence-electron chi connectivity index (χ1n) is 12.3. The second-order valence-electron chi connectivity index (χ2n) is 9.45. The zero-order chi connectivity index (χ0) is 24.5. The maximum Gasteiger partial charge on any atom is 0.119 e. The number of allylic oxidation sites excluding steroid dienone is 2. The summed E-state index contributed by atoms with van der Waals surface area (Å²) in [6.45, 7) is 21.2. The Morgan fingerprint density at radius 1 is 0.706 bits per heavy atom. The van der Waals surface area contributed by atoms with E-state index in [1.807, 2.05) is 38.1 Å². The van der Waals surface area contributed by atoms with Crippen LogP contribution in [0.2, 0.25) is 0 Å². The van der Waals surface area contributed by atoms with Gasteiger partial charge >= 0.3 is 0 Å². The van der Waals surface area contributed by atoms with Crippen LogP contribution in [0.25, 0.3) is 0 Å². The lowest BCUT2D eigenvalue weighted by molar-refractivity contribution is 0.0506. The van der Waals surface area contributed by atoms with Gasteiger partial charge in [0, 0.05) is 76.8 Å². The van der Waals surface area contributed by atoms with Crippen LogP contribution in [-0.4, -0.2) is 121 Å². The molecule has 0 amide bonds. The van der Waals surface area contributed by atoms with E-state index < -0.39 is 12.2 Å². The molecule has 0 radical (unpaired) electrons. The number of hydrogen-bond donors (Lipinski definition) is 2. The summed E-state index contributed by atoms with van der Waals surface area (Å²) in [4.78, 5) is 9.06. The van der Waals surface area contributed by atoms with Gasteiger partial charge in [-0.2, -0.15) is 0 Å². The summed E-state index contributed by atoms with van der Waals surface area (Å²) < 4.78 is 11.5. The standard InChI is InChI=1S/C26H42N4O4/c1-21(2)29-13-9-27(10-14-29)17-23(31)19-33-25-5-7-26(8-6-25)34-20-24(32)18-28-11-15-30(16-12-28)22(3)4/h5-8,23-24,31-32H,1,3,9-20H2,2,4H3/t23-,24-/m1/s1. The molecule has 0 saturated carbocycles. The van der Waals surface area contributed by atoms with Gasteiger partial charge in [0.1, 0.15) is 36.9 Å². The summed E-state index contributed by atoms with van der Waals surface area (Å²) in [5.74, 6) is 1.38. The van der Waals surface area contributed by atoms with Crippen LogP contribution in [0.3, 0.4) is 0 Å². The molecule has 34 heavy (non-hydrogen) atoms. The van der Waals surface area contributed by atoms with Gasteiger partial charge in [-0.05, 0) is 38.1 Å². The van der Waals surface area contributed by atoms with Crippen molar-refractivity contribution in [2.24, 2.45) is 0 Å². The molecule has 0 aliphatic carbocycles. The number of β-amino-alcohol motifs (C(OH)–C–C–N with tert-alkyl or cyclic N) is 2. The lowest BCUT2D eigenvalue weighted by Crippen LogP contribution is -2.48. The number of ether oxygens (including phenoxy) is 2. The van der Waals surface area contributed by atoms with Crippen molar-refractivity contribution in [2.75, 3.05) is 78.7 Å². The Balaban J connectivity index is 1.30. The van der Waals surface area contributed by atoms with Crippen LogP contribution in [0.15, 0.2) is 48.8 Å². The van der Waals surface area contributed by atoms with Crippen molar-refractivity contribution in [1.29, 1.82) is 0 Å². The number of aliphatic hydroxyl groups is 2. The predicted molar refractivity (Wildman–Crippen MR) is 135 cm³/mol. The number of rotatable bonds is 12. The van der Waals surface area contributed by atoms with Crippen molar-refractivity contribution >= 4 is 0 Å². The monoisotopic (exact) mass is 474 g/mol. The maximum absolute atomic E-state index is 10.4. The SMILES string of the molecule is C=C(C)N1CCN(C[C@@H](O)COc2ccc(OC[C@H](O)CN3CCN(C(=C)C)CC3)cc2)CC1. The highest BCUT2D eigenvalue weighted by molar-refractivity contribution is 5.31. The number of benzene rings is 1. The molecule has 0 spiro atoms. The van der Waals surface area contributed by atoms with E-state index in [4.69, 9.17) is 9.47 Å². The molecule has 1 aromatic rings. The number of piperazine rings is 2. The highest BCUT2D eigenvalue weighted by Crippen LogP contribution is 2.18. The number of nitrogens with zero attached hydrogens (tertiary/aromatic N) is 4. The quantitative estimate of drug-likeness (QED) is 0.472. The molecule has 2 fully saturated rings. The van der Waals surface area contributed by atoms with E-state index in [-0.39, 0.29) is 13.2 Å². The molecule has 2 aliphatic heterocycles. The Kier molecular flexibility index (Phi) is 10.1. The zero-order valence-electron chi connectivity index (χ0n) is 20.9. The third kappa shape index (κ3) is 8.51. The minimum atomic E-state index is -0.542. The topological polar surface area (TPSA) is 71.9 Å². The van der Waals surface area contributed by atoms with Crippen molar-refractivity contribution in [3.05, 3.63) is 48.8 Å². The fourth-order valence-corrected chi connectivity index (χ4v) is 4.34. The summed E-state index contributed by atoms with van der Waals surface area (Å²) in [6.07, 6.45) is -1.08.